The topological polar surface area (TPSA) is 118 Å². The lowest BCUT2D eigenvalue weighted by atomic mass is 9.97. The average Bonchev–Trinajstić information content (AvgIpc) is 3.19. The van der Waals surface area contributed by atoms with Crippen LogP contribution in [0.5, 0.6) is 0 Å². The first-order valence-electron chi connectivity index (χ1n) is 9.49. The third kappa shape index (κ3) is 4.47. The van der Waals surface area contributed by atoms with Crippen molar-refractivity contribution in [2.24, 2.45) is 11.6 Å². The molecule has 32 heavy (non-hydrogen) atoms. The number of halogens is 2. The van der Waals surface area contributed by atoms with E-state index in [4.69, 9.17) is 16.3 Å². The fraction of sp³-hybridized carbons (Fsp3) is 0.0870. The molecule has 0 saturated heterocycles. The summed E-state index contributed by atoms with van der Waals surface area (Å²) < 4.78 is 33.8. The largest absolute Gasteiger partial charge is 0.465 e. The number of nitrogens with one attached hydrogen (secondary N) is 3. The standard InChI is InChI=1S/C23H23F2N5O2/c1-11(2)32-13(4)22(26)23(31)29-19-7-14(8-20(30-27)21(19)12(3)24)17-9-15(25)10-18-16(17)5-6-28-18/h5-10,28,30H,1,3,26-27H2,2,4H3,(H,29,31)/b22-13-. The van der Waals surface area contributed by atoms with Crippen LogP contribution < -0.4 is 22.3 Å². The fourth-order valence-corrected chi connectivity index (χ4v) is 3.34. The van der Waals surface area contributed by atoms with Crippen molar-refractivity contribution < 1.29 is 18.3 Å². The summed E-state index contributed by atoms with van der Waals surface area (Å²) in [7, 11) is 0. The Kier molecular flexibility index (Phi) is 6.31. The van der Waals surface area contributed by atoms with E-state index in [0.717, 1.165) is 5.39 Å². The molecule has 0 bridgehead atoms. The van der Waals surface area contributed by atoms with Gasteiger partial charge in [-0.25, -0.2) is 8.78 Å². The van der Waals surface area contributed by atoms with Gasteiger partial charge >= 0.3 is 0 Å². The zero-order valence-corrected chi connectivity index (χ0v) is 17.6. The number of H-pyrrole nitrogens is 1. The van der Waals surface area contributed by atoms with Gasteiger partial charge in [-0.3, -0.25) is 10.6 Å². The number of allylic oxidation sites excluding steroid dienone is 2. The number of rotatable bonds is 7. The van der Waals surface area contributed by atoms with Crippen LogP contribution in [0, 0.1) is 5.82 Å². The number of hydrogen-bond acceptors (Lipinski definition) is 5. The lowest BCUT2D eigenvalue weighted by molar-refractivity contribution is -0.113. The molecule has 3 aromatic rings. The van der Waals surface area contributed by atoms with Gasteiger partial charge in [-0.2, -0.15) is 0 Å². The van der Waals surface area contributed by atoms with Crippen LogP contribution in [-0.2, 0) is 9.53 Å². The number of carbonyl (C=O) groups is 1. The molecule has 0 aliphatic rings. The van der Waals surface area contributed by atoms with Crippen LogP contribution in [0.1, 0.15) is 19.4 Å². The smallest absolute Gasteiger partial charge is 0.275 e. The van der Waals surface area contributed by atoms with E-state index in [9.17, 15) is 13.6 Å². The minimum absolute atomic E-state index is 0.0342. The Morgan fingerprint density at radius 3 is 2.47 bits per heavy atom. The Hall–Kier alpha value is -4.11. The number of anilines is 2. The molecular formula is C23H23F2N5O2. The summed E-state index contributed by atoms with van der Waals surface area (Å²) in [4.78, 5) is 15.7. The van der Waals surface area contributed by atoms with E-state index in [1.807, 2.05) is 0 Å². The van der Waals surface area contributed by atoms with E-state index in [-0.39, 0.29) is 28.4 Å². The number of nitrogen functional groups attached to an aromatic ring is 1. The number of aromatic nitrogens is 1. The molecule has 7 N–H and O–H groups in total. The van der Waals surface area contributed by atoms with Crippen molar-refractivity contribution in [1.82, 2.24) is 4.98 Å². The second kappa shape index (κ2) is 8.94. The number of fused-ring (bicyclic) bond motifs is 1. The Morgan fingerprint density at radius 2 is 1.84 bits per heavy atom. The summed E-state index contributed by atoms with van der Waals surface area (Å²) in [5, 5.41) is 3.28. The Bertz CT molecular complexity index is 1280. The number of hydrogen-bond donors (Lipinski definition) is 5. The van der Waals surface area contributed by atoms with Gasteiger partial charge in [-0.05, 0) is 55.3 Å². The number of benzene rings is 2. The minimum atomic E-state index is -0.844. The molecule has 166 valence electrons. The number of ether oxygens (including phenoxy) is 1. The van der Waals surface area contributed by atoms with Gasteiger partial charge in [-0.15, -0.1) is 0 Å². The van der Waals surface area contributed by atoms with E-state index >= 15 is 0 Å². The van der Waals surface area contributed by atoms with Gasteiger partial charge in [-0.1, -0.05) is 13.2 Å². The summed E-state index contributed by atoms with van der Waals surface area (Å²) in [6.07, 6.45) is 1.67. The maximum Gasteiger partial charge on any atom is 0.275 e. The van der Waals surface area contributed by atoms with Crippen molar-refractivity contribution in [3.8, 4) is 11.1 Å². The van der Waals surface area contributed by atoms with Crippen molar-refractivity contribution >= 4 is 34.0 Å². The fourth-order valence-electron chi connectivity index (χ4n) is 3.34. The third-order valence-electron chi connectivity index (χ3n) is 4.71. The molecule has 0 atom stereocenters. The Labute approximate surface area is 183 Å². The van der Waals surface area contributed by atoms with Crippen LogP contribution in [0.4, 0.5) is 20.2 Å². The zero-order valence-electron chi connectivity index (χ0n) is 17.6. The van der Waals surface area contributed by atoms with E-state index in [1.54, 1.807) is 19.2 Å². The maximum atomic E-state index is 14.3. The number of nitrogens with two attached hydrogens (primary N) is 2. The van der Waals surface area contributed by atoms with Gasteiger partial charge < -0.3 is 26.2 Å². The van der Waals surface area contributed by atoms with Gasteiger partial charge in [0.15, 0.2) is 0 Å². The van der Waals surface area contributed by atoms with Crippen LogP contribution in [-0.4, -0.2) is 10.9 Å². The van der Waals surface area contributed by atoms with E-state index in [2.05, 4.69) is 28.9 Å². The number of hydrazine groups is 1. The van der Waals surface area contributed by atoms with E-state index < -0.39 is 17.6 Å². The summed E-state index contributed by atoms with van der Waals surface area (Å²) in [6.45, 7) is 10.0. The van der Waals surface area contributed by atoms with Gasteiger partial charge in [0, 0.05) is 17.1 Å². The third-order valence-corrected chi connectivity index (χ3v) is 4.71. The van der Waals surface area contributed by atoms with Gasteiger partial charge in [0.25, 0.3) is 5.91 Å². The molecule has 3 rings (SSSR count). The summed E-state index contributed by atoms with van der Waals surface area (Å²) in [5.74, 6) is 4.02. The quantitative estimate of drug-likeness (QED) is 0.156. The number of amides is 1. The average molecular weight is 439 g/mol. The van der Waals surface area contributed by atoms with Crippen molar-refractivity contribution in [3.63, 3.8) is 0 Å². The lowest BCUT2D eigenvalue weighted by Gasteiger charge is -2.17. The predicted octanol–water partition coefficient (Wildman–Crippen LogP) is 4.88. The summed E-state index contributed by atoms with van der Waals surface area (Å²) in [5.41, 5.74) is 9.70. The Balaban J connectivity index is 2.17. The number of aromatic amines is 1. The molecule has 0 fully saturated rings. The molecule has 0 saturated carbocycles. The Morgan fingerprint density at radius 1 is 1.16 bits per heavy atom. The monoisotopic (exact) mass is 439 g/mol. The second-order valence-corrected chi connectivity index (χ2v) is 7.12. The molecule has 7 nitrogen and oxygen atoms in total. The lowest BCUT2D eigenvalue weighted by Crippen LogP contribution is -2.23. The summed E-state index contributed by atoms with van der Waals surface area (Å²) >= 11 is 0. The highest BCUT2D eigenvalue weighted by Crippen LogP contribution is 2.39. The molecular weight excluding hydrogens is 416 g/mol. The highest BCUT2D eigenvalue weighted by Gasteiger charge is 2.20. The normalized spacial score (nSPS) is 11.7. The first-order valence-corrected chi connectivity index (χ1v) is 9.49. The van der Waals surface area contributed by atoms with Crippen molar-refractivity contribution in [2.75, 3.05) is 10.7 Å². The van der Waals surface area contributed by atoms with Gasteiger partial charge in [0.1, 0.15) is 23.1 Å². The van der Waals surface area contributed by atoms with Crippen LogP contribution in [0.15, 0.2) is 66.9 Å². The van der Waals surface area contributed by atoms with Crippen LogP contribution in [0.2, 0.25) is 0 Å². The van der Waals surface area contributed by atoms with Crippen LogP contribution >= 0.6 is 0 Å². The highest BCUT2D eigenvalue weighted by molar-refractivity contribution is 6.06. The highest BCUT2D eigenvalue weighted by atomic mass is 19.1. The van der Waals surface area contributed by atoms with E-state index in [1.165, 1.54) is 31.2 Å². The first kappa shape index (κ1) is 22.6. The van der Waals surface area contributed by atoms with Gasteiger partial charge in [0.05, 0.1) is 22.7 Å². The first-order chi connectivity index (χ1) is 15.1. The predicted molar refractivity (Wildman–Crippen MR) is 123 cm³/mol. The van der Waals surface area contributed by atoms with Gasteiger partial charge in [0.2, 0.25) is 0 Å². The minimum Gasteiger partial charge on any atom is -0.465 e. The SMILES string of the molecule is C=C(C)O/C(C)=C(\N)C(=O)Nc1cc(-c2cc(F)cc3[nH]ccc23)cc(NN)c1C(=C)F. The van der Waals surface area contributed by atoms with Crippen LogP contribution in [0.3, 0.4) is 0 Å². The second-order valence-electron chi connectivity index (χ2n) is 7.12. The molecule has 2 aromatic carbocycles. The molecule has 1 heterocycles. The van der Waals surface area contributed by atoms with Crippen molar-refractivity contribution in [3.05, 3.63) is 78.3 Å². The molecule has 1 aromatic heterocycles. The van der Waals surface area contributed by atoms with Crippen LogP contribution in [0.25, 0.3) is 27.9 Å². The van der Waals surface area contributed by atoms with Crippen molar-refractivity contribution in [1.29, 1.82) is 0 Å². The molecule has 0 radical (unpaired) electrons. The molecule has 0 aliphatic heterocycles. The zero-order chi connectivity index (χ0) is 23.6. The maximum absolute atomic E-state index is 14.3. The molecule has 9 heteroatoms. The molecule has 1 amide bonds. The number of carbonyl (C=O) groups excluding carboxylic acids is 1. The van der Waals surface area contributed by atoms with Crippen molar-refractivity contribution in [2.45, 2.75) is 13.8 Å². The molecule has 0 unspecified atom stereocenters. The molecule has 0 aliphatic carbocycles. The summed E-state index contributed by atoms with van der Waals surface area (Å²) in [6, 6.07) is 7.49. The molecule has 0 spiro atoms. The van der Waals surface area contributed by atoms with E-state index in [0.29, 0.717) is 22.4 Å².